The van der Waals surface area contributed by atoms with Gasteiger partial charge in [0.15, 0.2) is 9.84 Å². The summed E-state index contributed by atoms with van der Waals surface area (Å²) in [5.41, 5.74) is 1.44. The predicted molar refractivity (Wildman–Crippen MR) is 78.5 cm³/mol. The second-order valence-electron chi connectivity index (χ2n) is 5.15. The Morgan fingerprint density at radius 3 is 2.50 bits per heavy atom. The lowest BCUT2D eigenvalue weighted by molar-refractivity contribution is -0.146. The summed E-state index contributed by atoms with van der Waals surface area (Å²) in [6.07, 6.45) is 0.326. The fourth-order valence-electron chi connectivity index (χ4n) is 1.99. The van der Waals surface area contributed by atoms with Gasteiger partial charge < -0.3 is 4.74 Å². The fourth-order valence-corrected chi connectivity index (χ4v) is 3.55. The Morgan fingerprint density at radius 1 is 1.30 bits per heavy atom. The molecule has 0 unspecified atom stereocenters. The minimum absolute atomic E-state index is 0.0157. The Labute approximate surface area is 121 Å². The maximum Gasteiger partial charge on any atom is 0.310 e. The summed E-state index contributed by atoms with van der Waals surface area (Å²) < 4.78 is 29.5. The largest absolute Gasteiger partial charge is 0.463 e. The van der Waals surface area contributed by atoms with Crippen LogP contribution in [0, 0.1) is 6.92 Å². The first-order valence-corrected chi connectivity index (χ1v) is 8.43. The van der Waals surface area contributed by atoms with Crippen molar-refractivity contribution < 1.29 is 17.9 Å². The van der Waals surface area contributed by atoms with Crippen LogP contribution in [0.3, 0.4) is 0 Å². The molecule has 0 radical (unpaired) electrons. The van der Waals surface area contributed by atoms with Gasteiger partial charge in [0.2, 0.25) is 0 Å². The lowest BCUT2D eigenvalue weighted by Gasteiger charge is -2.12. The Morgan fingerprint density at radius 2 is 1.95 bits per heavy atom. The molecule has 0 fully saturated rings. The molecule has 0 heterocycles. The second-order valence-corrected chi connectivity index (χ2v) is 7.22. The zero-order chi connectivity index (χ0) is 15.3. The quantitative estimate of drug-likeness (QED) is 0.758. The van der Waals surface area contributed by atoms with Gasteiger partial charge in [0.1, 0.15) is 0 Å². The van der Waals surface area contributed by atoms with E-state index in [4.69, 9.17) is 4.74 Å². The summed E-state index contributed by atoms with van der Waals surface area (Å²) in [5, 5.41) is 0. The number of sulfone groups is 1. The van der Waals surface area contributed by atoms with Gasteiger partial charge in [-0.15, -0.1) is 0 Å². The highest BCUT2D eigenvalue weighted by Crippen LogP contribution is 2.20. The number of aryl methyl sites for hydroxylation is 1. The van der Waals surface area contributed by atoms with Crippen LogP contribution in [-0.4, -0.2) is 26.2 Å². The van der Waals surface area contributed by atoms with Crippen LogP contribution in [0.5, 0.6) is 0 Å². The monoisotopic (exact) mass is 298 g/mol. The molecule has 20 heavy (non-hydrogen) atoms. The minimum atomic E-state index is -3.34. The highest BCUT2D eigenvalue weighted by molar-refractivity contribution is 7.91. The molecule has 0 amide bonds. The second kappa shape index (κ2) is 6.88. The lowest BCUT2D eigenvalue weighted by Crippen LogP contribution is -2.16. The first kappa shape index (κ1) is 16.7. The summed E-state index contributed by atoms with van der Waals surface area (Å²) in [6.45, 7) is 7.22. The van der Waals surface area contributed by atoms with E-state index in [0.717, 1.165) is 5.56 Å². The SMILES string of the molecule is CCCS(=O)(=O)c1ccc(C)cc1CC(=O)OC(C)C. The van der Waals surface area contributed by atoms with Gasteiger partial charge >= 0.3 is 5.97 Å². The Balaban J connectivity index is 3.12. The standard InChI is InChI=1S/C15H22O4S/c1-5-8-20(17,18)14-7-6-12(4)9-13(14)10-15(16)19-11(2)3/h6-7,9,11H,5,8,10H2,1-4H3. The highest BCUT2D eigenvalue weighted by atomic mass is 32.2. The zero-order valence-electron chi connectivity index (χ0n) is 12.5. The van der Waals surface area contributed by atoms with Gasteiger partial charge in [0, 0.05) is 0 Å². The van der Waals surface area contributed by atoms with Crippen LogP contribution in [0.1, 0.15) is 38.3 Å². The van der Waals surface area contributed by atoms with E-state index in [1.54, 1.807) is 32.0 Å². The molecule has 0 atom stereocenters. The molecule has 0 N–H and O–H groups in total. The number of esters is 1. The van der Waals surface area contributed by atoms with Gasteiger partial charge in [-0.2, -0.15) is 0 Å². The smallest absolute Gasteiger partial charge is 0.310 e. The highest BCUT2D eigenvalue weighted by Gasteiger charge is 2.20. The van der Waals surface area contributed by atoms with Crippen LogP contribution in [0.15, 0.2) is 23.1 Å². The minimum Gasteiger partial charge on any atom is -0.463 e. The van der Waals surface area contributed by atoms with E-state index < -0.39 is 15.8 Å². The number of hydrogen-bond donors (Lipinski definition) is 0. The molecule has 0 aliphatic rings. The maximum atomic E-state index is 12.2. The number of carbonyl (C=O) groups is 1. The molecule has 1 aromatic rings. The molecule has 0 aliphatic heterocycles. The van der Waals surface area contributed by atoms with Crippen molar-refractivity contribution in [1.82, 2.24) is 0 Å². The van der Waals surface area contributed by atoms with E-state index >= 15 is 0 Å². The Kier molecular flexibility index (Phi) is 5.74. The topological polar surface area (TPSA) is 60.4 Å². The van der Waals surface area contributed by atoms with Gasteiger partial charge in [0.25, 0.3) is 0 Å². The number of ether oxygens (including phenoxy) is 1. The van der Waals surface area contributed by atoms with Gasteiger partial charge in [-0.3, -0.25) is 4.79 Å². The van der Waals surface area contributed by atoms with Crippen molar-refractivity contribution >= 4 is 15.8 Å². The molecular weight excluding hydrogens is 276 g/mol. The number of carbonyl (C=O) groups excluding carboxylic acids is 1. The lowest BCUT2D eigenvalue weighted by atomic mass is 10.1. The summed E-state index contributed by atoms with van der Waals surface area (Å²) >= 11 is 0. The van der Waals surface area contributed by atoms with Crippen LogP contribution in [0.4, 0.5) is 0 Å². The van der Waals surface area contributed by atoms with E-state index in [2.05, 4.69) is 0 Å². The molecule has 0 bridgehead atoms. The van der Waals surface area contributed by atoms with Crippen molar-refractivity contribution in [3.63, 3.8) is 0 Å². The number of hydrogen-bond acceptors (Lipinski definition) is 4. The van der Waals surface area contributed by atoms with Gasteiger partial charge in [-0.1, -0.05) is 24.6 Å². The molecule has 5 heteroatoms. The molecule has 4 nitrogen and oxygen atoms in total. The molecule has 0 saturated heterocycles. The summed E-state index contributed by atoms with van der Waals surface area (Å²) in [4.78, 5) is 12.0. The average Bonchev–Trinajstić information content (AvgIpc) is 2.26. The van der Waals surface area contributed by atoms with E-state index in [9.17, 15) is 13.2 Å². The van der Waals surface area contributed by atoms with Crippen LogP contribution < -0.4 is 0 Å². The molecular formula is C15H22O4S. The zero-order valence-corrected chi connectivity index (χ0v) is 13.3. The average molecular weight is 298 g/mol. The normalized spacial score (nSPS) is 11.7. The van der Waals surface area contributed by atoms with Crippen molar-refractivity contribution in [1.29, 1.82) is 0 Å². The summed E-state index contributed by atoms with van der Waals surface area (Å²) in [5.74, 6) is -0.319. The summed E-state index contributed by atoms with van der Waals surface area (Å²) in [6, 6.07) is 5.07. The van der Waals surface area contributed by atoms with Crippen molar-refractivity contribution in [2.75, 3.05) is 5.75 Å². The molecule has 112 valence electrons. The maximum absolute atomic E-state index is 12.2. The van der Waals surface area contributed by atoms with Gasteiger partial charge in [-0.25, -0.2) is 8.42 Å². The van der Waals surface area contributed by atoms with E-state index in [1.165, 1.54) is 0 Å². The van der Waals surface area contributed by atoms with Gasteiger partial charge in [-0.05, 0) is 38.8 Å². The Hall–Kier alpha value is -1.36. The van der Waals surface area contributed by atoms with Gasteiger partial charge in [0.05, 0.1) is 23.2 Å². The van der Waals surface area contributed by atoms with Crippen LogP contribution in [0.25, 0.3) is 0 Å². The Bertz CT molecular complexity index is 574. The molecule has 0 aliphatic carbocycles. The first-order valence-electron chi connectivity index (χ1n) is 6.78. The van der Waals surface area contributed by atoms with Crippen LogP contribution in [0.2, 0.25) is 0 Å². The molecule has 1 rings (SSSR count). The first-order chi connectivity index (χ1) is 9.26. The predicted octanol–water partition coefficient (Wildman–Crippen LogP) is 2.67. The van der Waals surface area contributed by atoms with Crippen molar-refractivity contribution in [3.05, 3.63) is 29.3 Å². The third-order valence-corrected chi connectivity index (χ3v) is 4.74. The molecule has 0 saturated carbocycles. The van der Waals surface area contributed by atoms with Crippen molar-refractivity contribution in [3.8, 4) is 0 Å². The van der Waals surface area contributed by atoms with E-state index in [0.29, 0.717) is 12.0 Å². The van der Waals surface area contributed by atoms with Crippen LogP contribution >= 0.6 is 0 Å². The molecule has 0 aromatic heterocycles. The molecule has 0 spiro atoms. The van der Waals surface area contributed by atoms with Crippen molar-refractivity contribution in [2.45, 2.75) is 51.5 Å². The van der Waals surface area contributed by atoms with Crippen LogP contribution in [-0.2, 0) is 25.8 Å². The summed E-state index contributed by atoms with van der Waals surface area (Å²) in [7, 11) is -3.34. The van der Waals surface area contributed by atoms with E-state index in [1.807, 2.05) is 13.8 Å². The number of rotatable bonds is 6. The number of benzene rings is 1. The van der Waals surface area contributed by atoms with Crippen molar-refractivity contribution in [2.24, 2.45) is 0 Å². The third-order valence-electron chi connectivity index (χ3n) is 2.73. The fraction of sp³-hybridized carbons (Fsp3) is 0.533. The molecule has 1 aromatic carbocycles. The van der Waals surface area contributed by atoms with E-state index in [-0.39, 0.29) is 23.2 Å². The third kappa shape index (κ3) is 4.63.